The molecule has 1 atom stereocenters. The van der Waals surface area contributed by atoms with Crippen LogP contribution in [0.4, 0.5) is 0 Å². The lowest BCUT2D eigenvalue weighted by Crippen LogP contribution is -2.11. The minimum absolute atomic E-state index is 0.555. The number of aliphatic hydroxyl groups excluding tert-OH is 1. The third-order valence-corrected chi connectivity index (χ3v) is 4.32. The molecule has 1 unspecified atom stereocenters. The molecule has 0 saturated carbocycles. The van der Waals surface area contributed by atoms with Crippen molar-refractivity contribution in [2.75, 3.05) is 0 Å². The molecule has 23 heavy (non-hydrogen) atoms. The number of benzene rings is 2. The van der Waals surface area contributed by atoms with Gasteiger partial charge in [0.15, 0.2) is 0 Å². The van der Waals surface area contributed by atoms with Gasteiger partial charge in [-0.1, -0.05) is 48.5 Å². The molecule has 0 aliphatic rings. The fourth-order valence-electron chi connectivity index (χ4n) is 2.99. The highest BCUT2D eigenvalue weighted by atomic mass is 16.3. The maximum absolute atomic E-state index is 10.7. The van der Waals surface area contributed by atoms with E-state index in [4.69, 9.17) is 0 Å². The summed E-state index contributed by atoms with van der Waals surface area (Å²) in [5.41, 5.74) is 5.71. The van der Waals surface area contributed by atoms with Crippen molar-refractivity contribution in [3.8, 4) is 0 Å². The number of aliphatic hydroxyl groups is 1. The average molecular weight is 306 g/mol. The van der Waals surface area contributed by atoms with Crippen LogP contribution in [0.3, 0.4) is 0 Å². The molecule has 1 heterocycles. The average Bonchev–Trinajstić information content (AvgIpc) is 3.00. The lowest BCUT2D eigenvalue weighted by Gasteiger charge is -2.17. The van der Waals surface area contributed by atoms with E-state index < -0.39 is 6.10 Å². The first kappa shape index (κ1) is 15.5. The minimum atomic E-state index is -0.555. The Bertz CT molecular complexity index is 757. The monoisotopic (exact) mass is 306 g/mol. The Labute approximate surface area is 137 Å². The van der Waals surface area contributed by atoms with Crippen molar-refractivity contribution in [2.45, 2.75) is 32.9 Å². The smallest absolute Gasteiger partial charge is 0.0996 e. The number of imidazole rings is 1. The number of hydrogen-bond acceptors (Lipinski definition) is 2. The minimum Gasteiger partial charge on any atom is -0.386 e. The number of aryl methyl sites for hydroxylation is 2. The predicted octanol–water partition coefficient (Wildman–Crippen LogP) is 3.82. The lowest BCUT2D eigenvalue weighted by atomic mass is 9.96. The molecule has 0 saturated heterocycles. The van der Waals surface area contributed by atoms with Crippen LogP contribution in [0.5, 0.6) is 0 Å². The van der Waals surface area contributed by atoms with Crippen LogP contribution in [0.1, 0.15) is 34.1 Å². The molecule has 3 heteroatoms. The van der Waals surface area contributed by atoms with Gasteiger partial charge in [-0.25, -0.2) is 4.98 Å². The molecule has 0 radical (unpaired) electrons. The molecule has 1 N–H and O–H groups in total. The van der Waals surface area contributed by atoms with Crippen LogP contribution in [-0.2, 0) is 13.0 Å². The second-order valence-electron chi connectivity index (χ2n) is 6.02. The van der Waals surface area contributed by atoms with Gasteiger partial charge in [0.1, 0.15) is 0 Å². The maximum Gasteiger partial charge on any atom is 0.0996 e. The molecule has 0 amide bonds. The summed E-state index contributed by atoms with van der Waals surface area (Å²) < 4.78 is 2.02. The molecule has 3 aromatic rings. The van der Waals surface area contributed by atoms with E-state index in [1.807, 2.05) is 22.8 Å². The van der Waals surface area contributed by atoms with E-state index in [0.717, 1.165) is 12.2 Å². The largest absolute Gasteiger partial charge is 0.386 e. The molecule has 2 aromatic carbocycles. The van der Waals surface area contributed by atoms with E-state index in [9.17, 15) is 5.11 Å². The summed E-state index contributed by atoms with van der Waals surface area (Å²) in [5, 5.41) is 10.7. The zero-order valence-electron chi connectivity index (χ0n) is 13.6. The molecule has 0 bridgehead atoms. The van der Waals surface area contributed by atoms with Crippen LogP contribution < -0.4 is 0 Å². The van der Waals surface area contributed by atoms with Gasteiger partial charge in [-0.15, -0.1) is 0 Å². The summed E-state index contributed by atoms with van der Waals surface area (Å²) in [7, 11) is 0. The molecular weight excluding hydrogens is 284 g/mol. The fraction of sp³-hybridized carbons (Fsp3) is 0.250. The normalized spacial score (nSPS) is 12.3. The Balaban J connectivity index is 1.81. The van der Waals surface area contributed by atoms with Crippen molar-refractivity contribution >= 4 is 0 Å². The molecule has 118 valence electrons. The third kappa shape index (κ3) is 3.51. The van der Waals surface area contributed by atoms with Gasteiger partial charge < -0.3 is 9.67 Å². The van der Waals surface area contributed by atoms with Gasteiger partial charge in [0.2, 0.25) is 0 Å². The van der Waals surface area contributed by atoms with Gasteiger partial charge in [0.25, 0.3) is 0 Å². The van der Waals surface area contributed by atoms with Crippen LogP contribution >= 0.6 is 0 Å². The summed E-state index contributed by atoms with van der Waals surface area (Å²) in [6, 6.07) is 16.5. The third-order valence-electron chi connectivity index (χ3n) is 4.32. The molecule has 3 nitrogen and oxygen atoms in total. The topological polar surface area (TPSA) is 38.1 Å². The molecule has 0 aliphatic heterocycles. The number of aromatic nitrogens is 2. The van der Waals surface area contributed by atoms with E-state index in [-0.39, 0.29) is 0 Å². The standard InChI is InChI=1S/C20H22N2O/c1-15-7-6-8-16(2)18(15)11-20(23)19-12-21-14-22(19)13-17-9-4-3-5-10-17/h3-10,12,14,20,23H,11,13H2,1-2H3. The highest BCUT2D eigenvalue weighted by molar-refractivity contribution is 5.34. The van der Waals surface area contributed by atoms with Crippen molar-refractivity contribution in [3.05, 3.63) is 89.0 Å². The second kappa shape index (κ2) is 6.80. The molecule has 1 aromatic heterocycles. The summed E-state index contributed by atoms with van der Waals surface area (Å²) in [6.45, 7) is 4.91. The molecular formula is C20H22N2O. The summed E-state index contributed by atoms with van der Waals surface area (Å²) in [5.74, 6) is 0. The van der Waals surface area contributed by atoms with E-state index in [1.165, 1.54) is 22.3 Å². The Morgan fingerprint density at radius 2 is 1.70 bits per heavy atom. The van der Waals surface area contributed by atoms with Crippen LogP contribution in [0.25, 0.3) is 0 Å². The van der Waals surface area contributed by atoms with Gasteiger partial charge >= 0.3 is 0 Å². The van der Waals surface area contributed by atoms with Crippen molar-refractivity contribution in [1.82, 2.24) is 9.55 Å². The van der Waals surface area contributed by atoms with E-state index in [1.54, 1.807) is 12.5 Å². The van der Waals surface area contributed by atoms with Crippen LogP contribution in [0, 0.1) is 13.8 Å². The highest BCUT2D eigenvalue weighted by Gasteiger charge is 2.16. The quantitative estimate of drug-likeness (QED) is 0.778. The Morgan fingerprint density at radius 3 is 2.39 bits per heavy atom. The van der Waals surface area contributed by atoms with Crippen LogP contribution in [0.2, 0.25) is 0 Å². The highest BCUT2D eigenvalue weighted by Crippen LogP contribution is 2.23. The lowest BCUT2D eigenvalue weighted by molar-refractivity contribution is 0.169. The maximum atomic E-state index is 10.7. The van der Waals surface area contributed by atoms with Gasteiger partial charge in [-0.05, 0) is 36.1 Å². The Kier molecular flexibility index (Phi) is 4.58. The second-order valence-corrected chi connectivity index (χ2v) is 6.02. The van der Waals surface area contributed by atoms with Crippen molar-refractivity contribution in [1.29, 1.82) is 0 Å². The van der Waals surface area contributed by atoms with Gasteiger partial charge in [-0.3, -0.25) is 0 Å². The predicted molar refractivity (Wildman–Crippen MR) is 92.4 cm³/mol. The van der Waals surface area contributed by atoms with Crippen molar-refractivity contribution in [3.63, 3.8) is 0 Å². The Hall–Kier alpha value is -2.39. The summed E-state index contributed by atoms with van der Waals surface area (Å²) >= 11 is 0. The molecule has 0 aliphatic carbocycles. The van der Waals surface area contributed by atoms with Crippen LogP contribution in [0.15, 0.2) is 61.1 Å². The zero-order valence-corrected chi connectivity index (χ0v) is 13.6. The fourth-order valence-corrected chi connectivity index (χ4v) is 2.99. The first-order valence-corrected chi connectivity index (χ1v) is 7.92. The first-order valence-electron chi connectivity index (χ1n) is 7.92. The zero-order chi connectivity index (χ0) is 16.2. The summed E-state index contributed by atoms with van der Waals surface area (Å²) in [6.07, 6.45) is 3.61. The number of rotatable bonds is 5. The van der Waals surface area contributed by atoms with Gasteiger partial charge in [-0.2, -0.15) is 0 Å². The van der Waals surface area contributed by atoms with Crippen LogP contribution in [-0.4, -0.2) is 14.7 Å². The van der Waals surface area contributed by atoms with E-state index in [2.05, 4.69) is 49.2 Å². The summed E-state index contributed by atoms with van der Waals surface area (Å²) in [4.78, 5) is 4.23. The van der Waals surface area contributed by atoms with Crippen molar-refractivity contribution < 1.29 is 5.11 Å². The van der Waals surface area contributed by atoms with Gasteiger partial charge in [0.05, 0.1) is 24.3 Å². The van der Waals surface area contributed by atoms with Crippen molar-refractivity contribution in [2.24, 2.45) is 0 Å². The number of hydrogen-bond donors (Lipinski definition) is 1. The Morgan fingerprint density at radius 1 is 1.00 bits per heavy atom. The van der Waals surface area contributed by atoms with Gasteiger partial charge in [0, 0.05) is 13.0 Å². The molecule has 0 fully saturated rings. The SMILES string of the molecule is Cc1cccc(C)c1CC(O)c1cncn1Cc1ccccc1. The molecule has 0 spiro atoms. The number of nitrogens with zero attached hydrogens (tertiary/aromatic N) is 2. The van der Waals surface area contributed by atoms with E-state index in [0.29, 0.717) is 6.42 Å². The molecule has 3 rings (SSSR count). The first-order chi connectivity index (χ1) is 11.1. The van der Waals surface area contributed by atoms with E-state index >= 15 is 0 Å².